The Labute approximate surface area is 109 Å². The summed E-state index contributed by atoms with van der Waals surface area (Å²) in [6, 6.07) is 0.196. The third-order valence-electron chi connectivity index (χ3n) is 2.23. The van der Waals surface area contributed by atoms with E-state index >= 15 is 0 Å². The van der Waals surface area contributed by atoms with Gasteiger partial charge in [-0.1, -0.05) is 34.6 Å². The molecule has 2 nitrogen and oxygen atoms in total. The molecule has 2 unspecified atom stereocenters. The monoisotopic (exact) mass is 245 g/mol. The molecular weight excluding hydrogens is 210 g/mol. The Hall–Kier alpha value is -0.0800. The summed E-state index contributed by atoms with van der Waals surface area (Å²) >= 11 is 0. The van der Waals surface area contributed by atoms with E-state index in [2.05, 4.69) is 41.5 Å². The van der Waals surface area contributed by atoms with Crippen LogP contribution in [-0.4, -0.2) is 17.7 Å². The summed E-state index contributed by atoms with van der Waals surface area (Å²) in [6.07, 6.45) is 2.27. The van der Waals surface area contributed by atoms with Crippen LogP contribution in [0, 0.1) is 5.41 Å². The Bertz CT molecular complexity index is 180. The second-order valence-corrected chi connectivity index (χ2v) is 6.63. The fourth-order valence-corrected chi connectivity index (χ4v) is 2.27. The van der Waals surface area contributed by atoms with Gasteiger partial charge in [0, 0.05) is 6.04 Å². The molecule has 0 heterocycles. The Kier molecular flexibility index (Phi) is 9.18. The van der Waals surface area contributed by atoms with Gasteiger partial charge in [0.2, 0.25) is 0 Å². The molecule has 106 valence electrons. The van der Waals surface area contributed by atoms with Crippen molar-refractivity contribution in [1.29, 1.82) is 0 Å². The summed E-state index contributed by atoms with van der Waals surface area (Å²) in [5.41, 5.74) is 6.01. The zero-order valence-electron chi connectivity index (χ0n) is 13.6. The van der Waals surface area contributed by atoms with Crippen LogP contribution >= 0.6 is 0 Å². The van der Waals surface area contributed by atoms with Gasteiger partial charge in [-0.05, 0) is 46.0 Å². The van der Waals surface area contributed by atoms with Crippen molar-refractivity contribution in [3.05, 3.63) is 0 Å². The topological polar surface area (TPSA) is 35.2 Å². The molecule has 0 aliphatic rings. The van der Waals surface area contributed by atoms with Crippen LogP contribution in [0.15, 0.2) is 0 Å². The molecule has 0 bridgehead atoms. The lowest BCUT2D eigenvalue weighted by atomic mass is 9.89. The van der Waals surface area contributed by atoms with Crippen molar-refractivity contribution >= 4 is 0 Å². The summed E-state index contributed by atoms with van der Waals surface area (Å²) in [7, 11) is 0. The highest BCUT2D eigenvalue weighted by molar-refractivity contribution is 4.76. The molecule has 2 atom stereocenters. The average molecular weight is 245 g/mol. The van der Waals surface area contributed by atoms with Crippen molar-refractivity contribution in [1.82, 2.24) is 0 Å². The zero-order valence-corrected chi connectivity index (χ0v) is 13.6. The van der Waals surface area contributed by atoms with Crippen LogP contribution in [0.3, 0.4) is 0 Å². The zero-order chi connectivity index (χ0) is 14.3. The fraction of sp³-hybridized carbons (Fsp3) is 1.00. The maximum absolute atomic E-state index is 6.04. The molecule has 0 spiro atoms. The SMILES string of the molecule is CC.CC(N)CC(C)(C)OC(C)CC(C)(C)C. The van der Waals surface area contributed by atoms with E-state index in [0.29, 0.717) is 11.5 Å². The van der Waals surface area contributed by atoms with Crippen molar-refractivity contribution in [2.75, 3.05) is 0 Å². The van der Waals surface area contributed by atoms with Gasteiger partial charge in [0.25, 0.3) is 0 Å². The normalized spacial score (nSPS) is 15.9. The smallest absolute Gasteiger partial charge is 0.0644 e. The molecule has 0 rings (SSSR count). The molecule has 0 saturated carbocycles. The molecule has 0 radical (unpaired) electrons. The van der Waals surface area contributed by atoms with Gasteiger partial charge in [-0.3, -0.25) is 0 Å². The number of rotatable bonds is 5. The van der Waals surface area contributed by atoms with E-state index in [1.165, 1.54) is 0 Å². The molecule has 2 N–H and O–H groups in total. The van der Waals surface area contributed by atoms with Crippen LogP contribution in [0.4, 0.5) is 0 Å². The highest BCUT2D eigenvalue weighted by Crippen LogP contribution is 2.26. The quantitative estimate of drug-likeness (QED) is 0.780. The number of nitrogens with two attached hydrogens (primary N) is 1. The van der Waals surface area contributed by atoms with E-state index in [1.54, 1.807) is 0 Å². The van der Waals surface area contributed by atoms with Crippen LogP contribution < -0.4 is 5.73 Å². The summed E-state index contributed by atoms with van der Waals surface area (Å²) in [5, 5.41) is 0. The molecule has 17 heavy (non-hydrogen) atoms. The standard InChI is InChI=1S/C13H29NO.C2H6/c1-10(14)8-13(6,7)15-11(2)9-12(3,4)5;1-2/h10-11H,8-9,14H2,1-7H3;1-2H3. The highest BCUT2D eigenvalue weighted by Gasteiger charge is 2.25. The fourth-order valence-electron chi connectivity index (χ4n) is 2.27. The second-order valence-electron chi connectivity index (χ2n) is 6.63. The van der Waals surface area contributed by atoms with Gasteiger partial charge >= 0.3 is 0 Å². The van der Waals surface area contributed by atoms with E-state index in [0.717, 1.165) is 12.8 Å². The second kappa shape index (κ2) is 8.10. The van der Waals surface area contributed by atoms with Gasteiger partial charge in [-0.15, -0.1) is 0 Å². The summed E-state index contributed by atoms with van der Waals surface area (Å²) in [5.74, 6) is 0. The van der Waals surface area contributed by atoms with Crippen LogP contribution in [-0.2, 0) is 4.74 Å². The van der Waals surface area contributed by atoms with Crippen molar-refractivity contribution in [2.24, 2.45) is 11.1 Å². The van der Waals surface area contributed by atoms with Crippen LogP contribution in [0.1, 0.15) is 75.2 Å². The average Bonchev–Trinajstić information content (AvgIpc) is 1.99. The molecule has 0 aliphatic heterocycles. The first kappa shape index (κ1) is 19.3. The molecule has 2 heteroatoms. The molecule has 0 aromatic heterocycles. The molecule has 0 amide bonds. The minimum atomic E-state index is -0.112. The molecule has 0 aromatic rings. The molecular formula is C15H35NO. The highest BCUT2D eigenvalue weighted by atomic mass is 16.5. The molecule has 0 fully saturated rings. The predicted octanol–water partition coefficient (Wildman–Crippen LogP) is 4.37. The first-order valence-electron chi connectivity index (χ1n) is 6.95. The first-order chi connectivity index (χ1) is 7.52. The molecule has 0 aliphatic carbocycles. The van der Waals surface area contributed by atoms with E-state index in [1.807, 2.05) is 20.8 Å². The molecule has 0 saturated heterocycles. The molecule has 0 aromatic carbocycles. The predicted molar refractivity (Wildman–Crippen MR) is 78.3 cm³/mol. The maximum Gasteiger partial charge on any atom is 0.0644 e. The van der Waals surface area contributed by atoms with Crippen molar-refractivity contribution < 1.29 is 4.74 Å². The van der Waals surface area contributed by atoms with Gasteiger partial charge in [-0.25, -0.2) is 0 Å². The van der Waals surface area contributed by atoms with Crippen molar-refractivity contribution in [3.8, 4) is 0 Å². The van der Waals surface area contributed by atoms with Crippen LogP contribution in [0.25, 0.3) is 0 Å². The lowest BCUT2D eigenvalue weighted by Crippen LogP contribution is -2.36. The lowest BCUT2D eigenvalue weighted by molar-refractivity contribution is -0.0827. The van der Waals surface area contributed by atoms with Gasteiger partial charge in [-0.2, -0.15) is 0 Å². The van der Waals surface area contributed by atoms with Gasteiger partial charge in [0.15, 0.2) is 0 Å². The van der Waals surface area contributed by atoms with Crippen LogP contribution in [0.2, 0.25) is 0 Å². The van der Waals surface area contributed by atoms with E-state index in [4.69, 9.17) is 10.5 Å². The van der Waals surface area contributed by atoms with E-state index in [9.17, 15) is 0 Å². The minimum Gasteiger partial charge on any atom is -0.373 e. The largest absolute Gasteiger partial charge is 0.373 e. The van der Waals surface area contributed by atoms with Crippen molar-refractivity contribution in [3.63, 3.8) is 0 Å². The first-order valence-corrected chi connectivity index (χ1v) is 6.95. The summed E-state index contributed by atoms with van der Waals surface area (Å²) < 4.78 is 6.04. The Balaban J connectivity index is 0. The Morgan fingerprint density at radius 2 is 1.35 bits per heavy atom. The van der Waals surface area contributed by atoms with Gasteiger partial charge in [0.05, 0.1) is 11.7 Å². The van der Waals surface area contributed by atoms with Crippen LogP contribution in [0.5, 0.6) is 0 Å². The third kappa shape index (κ3) is 13.9. The Morgan fingerprint density at radius 1 is 0.941 bits per heavy atom. The van der Waals surface area contributed by atoms with Gasteiger partial charge < -0.3 is 10.5 Å². The maximum atomic E-state index is 6.04. The van der Waals surface area contributed by atoms with Gasteiger partial charge in [0.1, 0.15) is 0 Å². The van der Waals surface area contributed by atoms with E-state index in [-0.39, 0.29) is 11.6 Å². The summed E-state index contributed by atoms with van der Waals surface area (Å²) in [4.78, 5) is 0. The minimum absolute atomic E-state index is 0.112. The third-order valence-corrected chi connectivity index (χ3v) is 2.23. The number of hydrogen-bond donors (Lipinski definition) is 1. The van der Waals surface area contributed by atoms with E-state index < -0.39 is 0 Å². The lowest BCUT2D eigenvalue weighted by Gasteiger charge is -2.33. The summed E-state index contributed by atoms with van der Waals surface area (Å²) in [6.45, 7) is 19.1. The number of ether oxygens (including phenoxy) is 1. The number of hydrogen-bond acceptors (Lipinski definition) is 2. The Morgan fingerprint density at radius 3 is 1.65 bits per heavy atom. The van der Waals surface area contributed by atoms with Crippen molar-refractivity contribution in [2.45, 2.75) is 92.9 Å².